The molecule has 0 radical (unpaired) electrons. The maximum Gasteiger partial charge on any atom is 0.0944 e. The van der Waals surface area contributed by atoms with Gasteiger partial charge in [0.2, 0.25) is 0 Å². The normalized spacial score (nSPS) is 24.7. The molecule has 1 aromatic carbocycles. The summed E-state index contributed by atoms with van der Waals surface area (Å²) in [5.74, 6) is 0.993. The number of rotatable bonds is 3. The number of aliphatic hydroxyl groups excluding tert-OH is 1. The first-order valence-electron chi connectivity index (χ1n) is 7.69. The van der Waals surface area contributed by atoms with E-state index in [0.717, 1.165) is 29.4 Å². The summed E-state index contributed by atoms with van der Waals surface area (Å²) in [6.45, 7) is 2.23. The molecule has 0 aliphatic heterocycles. The summed E-state index contributed by atoms with van der Waals surface area (Å²) in [7, 11) is 0. The Hall–Kier alpha value is -1.48. The fraction of sp³-hybridized carbons (Fsp3) is 0.529. The lowest BCUT2D eigenvalue weighted by Gasteiger charge is -2.34. The molecule has 1 aromatic heterocycles. The minimum Gasteiger partial charge on any atom is -0.388 e. The number of para-hydroxylation sites is 1. The fourth-order valence-electron chi connectivity index (χ4n) is 3.64. The highest BCUT2D eigenvalue weighted by atomic mass is 16.3. The van der Waals surface area contributed by atoms with Crippen LogP contribution in [-0.2, 0) is 0 Å². The topological polar surface area (TPSA) is 46.0 Å². The molecule has 20 heavy (non-hydrogen) atoms. The van der Waals surface area contributed by atoms with E-state index in [1.54, 1.807) is 12.4 Å². The first-order valence-corrected chi connectivity index (χ1v) is 7.69. The van der Waals surface area contributed by atoms with Crippen LogP contribution in [0, 0.1) is 11.8 Å². The highest BCUT2D eigenvalue weighted by Gasteiger charge is 2.31. The standard InChI is InChI=1S/C17H22N2O/c1-2-12-6-3-4-7-13(12)17(20)14-8-5-9-15-16(14)19-11-10-18-15/h5,8-13,17,20H,2-4,6-7H2,1H3. The van der Waals surface area contributed by atoms with Crippen molar-refractivity contribution in [3.63, 3.8) is 0 Å². The van der Waals surface area contributed by atoms with Gasteiger partial charge in [-0.3, -0.25) is 9.97 Å². The Morgan fingerprint density at radius 1 is 1.20 bits per heavy atom. The van der Waals surface area contributed by atoms with E-state index < -0.39 is 6.10 Å². The van der Waals surface area contributed by atoms with E-state index in [4.69, 9.17) is 0 Å². The van der Waals surface area contributed by atoms with Crippen molar-refractivity contribution in [3.8, 4) is 0 Å². The molecule has 1 aliphatic carbocycles. The highest BCUT2D eigenvalue weighted by molar-refractivity contribution is 5.77. The number of hydrogen-bond donors (Lipinski definition) is 1. The lowest BCUT2D eigenvalue weighted by atomic mass is 9.73. The Morgan fingerprint density at radius 2 is 2.00 bits per heavy atom. The van der Waals surface area contributed by atoms with Crippen LogP contribution in [-0.4, -0.2) is 15.1 Å². The van der Waals surface area contributed by atoms with E-state index >= 15 is 0 Å². The van der Waals surface area contributed by atoms with Crippen LogP contribution in [0.4, 0.5) is 0 Å². The lowest BCUT2D eigenvalue weighted by Crippen LogP contribution is -2.25. The largest absolute Gasteiger partial charge is 0.388 e. The van der Waals surface area contributed by atoms with Crippen LogP contribution in [0.5, 0.6) is 0 Å². The van der Waals surface area contributed by atoms with Crippen molar-refractivity contribution < 1.29 is 5.11 Å². The smallest absolute Gasteiger partial charge is 0.0944 e. The maximum absolute atomic E-state index is 10.9. The van der Waals surface area contributed by atoms with Crippen LogP contribution in [0.1, 0.15) is 50.7 Å². The number of hydrogen-bond acceptors (Lipinski definition) is 3. The maximum atomic E-state index is 10.9. The van der Waals surface area contributed by atoms with Gasteiger partial charge in [0.1, 0.15) is 0 Å². The van der Waals surface area contributed by atoms with E-state index in [0.29, 0.717) is 11.8 Å². The summed E-state index contributed by atoms with van der Waals surface area (Å²) >= 11 is 0. The quantitative estimate of drug-likeness (QED) is 0.920. The summed E-state index contributed by atoms with van der Waals surface area (Å²) in [6, 6.07) is 5.93. The van der Waals surface area contributed by atoms with Gasteiger partial charge < -0.3 is 5.11 Å². The van der Waals surface area contributed by atoms with Crippen LogP contribution >= 0.6 is 0 Å². The minimum absolute atomic E-state index is 0.362. The van der Waals surface area contributed by atoms with Crippen LogP contribution in [0.3, 0.4) is 0 Å². The predicted octanol–water partition coefficient (Wildman–Crippen LogP) is 3.88. The van der Waals surface area contributed by atoms with Crippen molar-refractivity contribution in [3.05, 3.63) is 36.2 Å². The molecule has 1 fully saturated rings. The molecule has 1 saturated carbocycles. The molecule has 0 amide bonds. The Labute approximate surface area is 120 Å². The third kappa shape index (κ3) is 2.42. The SMILES string of the molecule is CCC1CCCCC1C(O)c1cccc2nccnc12. The van der Waals surface area contributed by atoms with Gasteiger partial charge in [0.15, 0.2) is 0 Å². The second-order valence-electron chi connectivity index (χ2n) is 5.83. The van der Waals surface area contributed by atoms with E-state index in [1.807, 2.05) is 18.2 Å². The van der Waals surface area contributed by atoms with Crippen LogP contribution in [0.2, 0.25) is 0 Å². The number of benzene rings is 1. The molecule has 0 bridgehead atoms. The summed E-state index contributed by atoms with van der Waals surface area (Å²) in [5.41, 5.74) is 2.66. The number of nitrogens with zero attached hydrogens (tertiary/aromatic N) is 2. The van der Waals surface area contributed by atoms with Crippen LogP contribution in [0.25, 0.3) is 11.0 Å². The average Bonchev–Trinajstić information content (AvgIpc) is 2.53. The molecule has 1 N–H and O–H groups in total. The second-order valence-corrected chi connectivity index (χ2v) is 5.83. The van der Waals surface area contributed by atoms with Gasteiger partial charge in [-0.2, -0.15) is 0 Å². The zero-order valence-electron chi connectivity index (χ0n) is 12.0. The Morgan fingerprint density at radius 3 is 2.85 bits per heavy atom. The molecule has 1 aliphatic rings. The molecular formula is C17H22N2O. The first kappa shape index (κ1) is 13.5. The van der Waals surface area contributed by atoms with Gasteiger partial charge in [0, 0.05) is 18.0 Å². The molecule has 3 rings (SSSR count). The predicted molar refractivity (Wildman–Crippen MR) is 80.2 cm³/mol. The van der Waals surface area contributed by atoms with Gasteiger partial charge in [-0.25, -0.2) is 0 Å². The Bertz CT molecular complexity index is 579. The summed E-state index contributed by atoms with van der Waals surface area (Å²) in [6.07, 6.45) is 9.04. The third-order valence-corrected chi connectivity index (χ3v) is 4.75. The van der Waals surface area contributed by atoms with Crippen molar-refractivity contribution in [1.29, 1.82) is 0 Å². The Balaban J connectivity index is 1.97. The van der Waals surface area contributed by atoms with Gasteiger partial charge in [-0.1, -0.05) is 44.7 Å². The van der Waals surface area contributed by atoms with Gasteiger partial charge in [-0.05, 0) is 24.3 Å². The molecular weight excluding hydrogens is 248 g/mol. The molecule has 1 heterocycles. The van der Waals surface area contributed by atoms with Crippen LogP contribution in [0.15, 0.2) is 30.6 Å². The lowest BCUT2D eigenvalue weighted by molar-refractivity contribution is 0.0461. The molecule has 0 saturated heterocycles. The Kier molecular flexibility index (Phi) is 3.97. The molecule has 106 valence electrons. The van der Waals surface area contributed by atoms with E-state index in [-0.39, 0.29) is 0 Å². The van der Waals surface area contributed by atoms with Crippen molar-refractivity contribution >= 4 is 11.0 Å². The van der Waals surface area contributed by atoms with Crippen molar-refractivity contribution in [2.75, 3.05) is 0 Å². The zero-order chi connectivity index (χ0) is 13.9. The van der Waals surface area contributed by atoms with Gasteiger partial charge in [0.05, 0.1) is 17.1 Å². The number of aromatic nitrogens is 2. The van der Waals surface area contributed by atoms with Crippen LogP contribution < -0.4 is 0 Å². The molecule has 0 spiro atoms. The van der Waals surface area contributed by atoms with Gasteiger partial charge in [0.25, 0.3) is 0 Å². The van der Waals surface area contributed by atoms with Crippen molar-refractivity contribution in [2.45, 2.75) is 45.1 Å². The molecule has 3 atom stereocenters. The number of fused-ring (bicyclic) bond motifs is 1. The van der Waals surface area contributed by atoms with Crippen molar-refractivity contribution in [1.82, 2.24) is 9.97 Å². The van der Waals surface area contributed by atoms with E-state index in [9.17, 15) is 5.11 Å². The summed E-state index contributed by atoms with van der Waals surface area (Å²) in [5, 5.41) is 10.9. The molecule has 2 aromatic rings. The van der Waals surface area contributed by atoms with Crippen molar-refractivity contribution in [2.24, 2.45) is 11.8 Å². The van der Waals surface area contributed by atoms with E-state index in [2.05, 4.69) is 16.9 Å². The minimum atomic E-state index is -0.416. The van der Waals surface area contributed by atoms with E-state index in [1.165, 1.54) is 19.3 Å². The average molecular weight is 270 g/mol. The summed E-state index contributed by atoms with van der Waals surface area (Å²) in [4.78, 5) is 8.76. The molecule has 3 heteroatoms. The summed E-state index contributed by atoms with van der Waals surface area (Å²) < 4.78 is 0. The fourth-order valence-corrected chi connectivity index (χ4v) is 3.64. The monoisotopic (exact) mass is 270 g/mol. The first-order chi connectivity index (χ1) is 9.81. The third-order valence-electron chi connectivity index (χ3n) is 4.75. The van der Waals surface area contributed by atoms with Gasteiger partial charge >= 0.3 is 0 Å². The number of aliphatic hydroxyl groups is 1. The van der Waals surface area contributed by atoms with Gasteiger partial charge in [-0.15, -0.1) is 0 Å². The molecule has 3 unspecified atom stereocenters. The highest BCUT2D eigenvalue weighted by Crippen LogP contribution is 2.41. The zero-order valence-corrected chi connectivity index (χ0v) is 12.0. The molecule has 3 nitrogen and oxygen atoms in total. The second kappa shape index (κ2) is 5.88.